The standard InChI is InChI=1S/C16H26N2O3S/c1-13(19)16-9-4-5-10-18(16)12-14-7-6-8-15(11-14)22(20,21)17(2)3/h6-8,11,13,16,19H,4-5,9-10,12H2,1-3H3. The Labute approximate surface area is 133 Å². The molecule has 1 aliphatic rings. The minimum atomic E-state index is -3.40. The highest BCUT2D eigenvalue weighted by Crippen LogP contribution is 2.23. The molecule has 0 bridgehead atoms. The van der Waals surface area contributed by atoms with Crippen LogP contribution in [0.3, 0.4) is 0 Å². The van der Waals surface area contributed by atoms with Gasteiger partial charge >= 0.3 is 0 Å². The fourth-order valence-electron chi connectivity index (χ4n) is 3.01. The minimum absolute atomic E-state index is 0.155. The normalized spacial score (nSPS) is 22.0. The molecule has 0 aromatic heterocycles. The molecule has 2 rings (SSSR count). The molecule has 0 radical (unpaired) electrons. The zero-order valence-electron chi connectivity index (χ0n) is 13.6. The summed E-state index contributed by atoms with van der Waals surface area (Å²) >= 11 is 0. The number of aliphatic hydroxyl groups excluding tert-OH is 1. The zero-order chi connectivity index (χ0) is 16.3. The van der Waals surface area contributed by atoms with Crippen LogP contribution in [0.1, 0.15) is 31.7 Å². The van der Waals surface area contributed by atoms with Crippen molar-refractivity contribution in [3.05, 3.63) is 29.8 Å². The SMILES string of the molecule is CC(O)C1CCCCN1Cc1cccc(S(=O)(=O)N(C)C)c1. The highest BCUT2D eigenvalue weighted by atomic mass is 32.2. The molecule has 1 aromatic rings. The van der Waals surface area contributed by atoms with Crippen LogP contribution < -0.4 is 0 Å². The van der Waals surface area contributed by atoms with Crippen molar-refractivity contribution in [1.29, 1.82) is 0 Å². The Balaban J connectivity index is 2.20. The first-order valence-corrected chi connectivity index (χ1v) is 9.20. The van der Waals surface area contributed by atoms with E-state index in [0.717, 1.165) is 31.4 Å². The number of hydrogen-bond acceptors (Lipinski definition) is 4. The Bertz CT molecular complexity index is 599. The van der Waals surface area contributed by atoms with Crippen molar-refractivity contribution < 1.29 is 13.5 Å². The molecule has 124 valence electrons. The lowest BCUT2D eigenvalue weighted by Crippen LogP contribution is -2.45. The van der Waals surface area contributed by atoms with Crippen molar-refractivity contribution in [1.82, 2.24) is 9.21 Å². The molecule has 1 N–H and O–H groups in total. The second kappa shape index (κ2) is 7.08. The van der Waals surface area contributed by atoms with Gasteiger partial charge in [-0.2, -0.15) is 0 Å². The minimum Gasteiger partial charge on any atom is -0.392 e. The Morgan fingerprint density at radius 2 is 2.09 bits per heavy atom. The molecule has 1 aromatic carbocycles. The van der Waals surface area contributed by atoms with Crippen LogP contribution in [-0.2, 0) is 16.6 Å². The zero-order valence-corrected chi connectivity index (χ0v) is 14.4. The first-order valence-electron chi connectivity index (χ1n) is 7.76. The summed E-state index contributed by atoms with van der Waals surface area (Å²) in [4.78, 5) is 2.58. The van der Waals surface area contributed by atoms with Crippen molar-refractivity contribution in [2.24, 2.45) is 0 Å². The van der Waals surface area contributed by atoms with E-state index in [4.69, 9.17) is 0 Å². The molecule has 0 amide bonds. The highest BCUT2D eigenvalue weighted by molar-refractivity contribution is 7.89. The van der Waals surface area contributed by atoms with Gasteiger partial charge in [-0.1, -0.05) is 18.6 Å². The van der Waals surface area contributed by atoms with E-state index in [1.165, 1.54) is 18.4 Å². The average Bonchev–Trinajstić information content (AvgIpc) is 2.47. The predicted molar refractivity (Wildman–Crippen MR) is 87.0 cm³/mol. The largest absolute Gasteiger partial charge is 0.392 e. The lowest BCUT2D eigenvalue weighted by atomic mass is 9.97. The second-order valence-electron chi connectivity index (χ2n) is 6.21. The van der Waals surface area contributed by atoms with Crippen molar-refractivity contribution >= 4 is 10.0 Å². The number of benzene rings is 1. The van der Waals surface area contributed by atoms with Crippen LogP contribution in [0.2, 0.25) is 0 Å². The fourth-order valence-corrected chi connectivity index (χ4v) is 3.98. The molecular weight excluding hydrogens is 300 g/mol. The van der Waals surface area contributed by atoms with Gasteiger partial charge in [-0.15, -0.1) is 0 Å². The quantitative estimate of drug-likeness (QED) is 0.894. The summed E-state index contributed by atoms with van der Waals surface area (Å²) in [5.41, 5.74) is 0.968. The smallest absolute Gasteiger partial charge is 0.242 e. The Hall–Kier alpha value is -0.950. The van der Waals surface area contributed by atoms with Gasteiger partial charge in [-0.05, 0) is 44.0 Å². The van der Waals surface area contributed by atoms with Crippen LogP contribution in [0.4, 0.5) is 0 Å². The summed E-state index contributed by atoms with van der Waals surface area (Å²) in [7, 11) is -0.329. The summed E-state index contributed by atoms with van der Waals surface area (Å²) in [6.45, 7) is 3.45. The second-order valence-corrected chi connectivity index (χ2v) is 8.36. The summed E-state index contributed by atoms with van der Waals surface area (Å²) in [6.07, 6.45) is 2.89. The van der Waals surface area contributed by atoms with E-state index in [1.54, 1.807) is 18.2 Å². The van der Waals surface area contributed by atoms with E-state index < -0.39 is 10.0 Å². The van der Waals surface area contributed by atoms with E-state index in [0.29, 0.717) is 11.4 Å². The number of piperidine rings is 1. The molecule has 1 aliphatic heterocycles. The fraction of sp³-hybridized carbons (Fsp3) is 0.625. The average molecular weight is 326 g/mol. The predicted octanol–water partition coefficient (Wildman–Crippen LogP) is 1.67. The van der Waals surface area contributed by atoms with Crippen LogP contribution in [-0.4, -0.2) is 55.5 Å². The van der Waals surface area contributed by atoms with Gasteiger partial charge in [0.2, 0.25) is 10.0 Å². The molecule has 2 atom stereocenters. The van der Waals surface area contributed by atoms with Gasteiger partial charge in [0, 0.05) is 26.7 Å². The molecule has 2 unspecified atom stereocenters. The van der Waals surface area contributed by atoms with E-state index in [1.807, 2.05) is 13.0 Å². The number of sulfonamides is 1. The van der Waals surface area contributed by atoms with Gasteiger partial charge in [-0.25, -0.2) is 12.7 Å². The third-order valence-corrected chi connectivity index (χ3v) is 6.09. The van der Waals surface area contributed by atoms with Gasteiger partial charge < -0.3 is 5.11 Å². The van der Waals surface area contributed by atoms with Crippen LogP contribution in [0.25, 0.3) is 0 Å². The van der Waals surface area contributed by atoms with E-state index in [-0.39, 0.29) is 12.1 Å². The number of hydrogen-bond donors (Lipinski definition) is 1. The summed E-state index contributed by atoms with van der Waals surface area (Å²) < 4.78 is 25.7. The van der Waals surface area contributed by atoms with Crippen LogP contribution >= 0.6 is 0 Å². The number of likely N-dealkylation sites (tertiary alicyclic amines) is 1. The molecule has 6 heteroatoms. The van der Waals surface area contributed by atoms with E-state index in [9.17, 15) is 13.5 Å². The first kappa shape index (κ1) is 17.4. The van der Waals surface area contributed by atoms with E-state index in [2.05, 4.69) is 4.90 Å². The van der Waals surface area contributed by atoms with Crippen molar-refractivity contribution in [3.8, 4) is 0 Å². The lowest BCUT2D eigenvalue weighted by molar-refractivity contribution is 0.0316. The Morgan fingerprint density at radius 3 is 2.73 bits per heavy atom. The molecule has 1 fully saturated rings. The van der Waals surface area contributed by atoms with Gasteiger partial charge in [0.15, 0.2) is 0 Å². The third-order valence-electron chi connectivity index (χ3n) is 4.28. The molecule has 5 nitrogen and oxygen atoms in total. The maximum atomic E-state index is 12.2. The molecular formula is C16H26N2O3S. The van der Waals surface area contributed by atoms with Crippen LogP contribution in [0.15, 0.2) is 29.2 Å². The Kier molecular flexibility index (Phi) is 5.60. The van der Waals surface area contributed by atoms with Crippen molar-refractivity contribution in [3.63, 3.8) is 0 Å². The van der Waals surface area contributed by atoms with E-state index >= 15 is 0 Å². The van der Waals surface area contributed by atoms with Gasteiger partial charge in [-0.3, -0.25) is 4.90 Å². The molecule has 1 saturated heterocycles. The topological polar surface area (TPSA) is 60.9 Å². The van der Waals surface area contributed by atoms with Gasteiger partial charge in [0.25, 0.3) is 0 Å². The van der Waals surface area contributed by atoms with Gasteiger partial charge in [0.1, 0.15) is 0 Å². The molecule has 22 heavy (non-hydrogen) atoms. The molecule has 1 heterocycles. The monoisotopic (exact) mass is 326 g/mol. The summed E-state index contributed by atoms with van der Waals surface area (Å²) in [5, 5.41) is 9.94. The number of rotatable bonds is 5. The maximum absolute atomic E-state index is 12.2. The van der Waals surface area contributed by atoms with Gasteiger partial charge in [0.05, 0.1) is 11.0 Å². The van der Waals surface area contributed by atoms with Crippen LogP contribution in [0, 0.1) is 0 Å². The number of aliphatic hydroxyl groups is 1. The third kappa shape index (κ3) is 3.87. The number of nitrogens with zero attached hydrogens (tertiary/aromatic N) is 2. The first-order chi connectivity index (χ1) is 10.3. The maximum Gasteiger partial charge on any atom is 0.242 e. The molecule has 0 spiro atoms. The van der Waals surface area contributed by atoms with Crippen molar-refractivity contribution in [2.45, 2.75) is 49.8 Å². The Morgan fingerprint density at radius 1 is 1.36 bits per heavy atom. The molecule has 0 saturated carbocycles. The summed E-state index contributed by atoms with van der Waals surface area (Å²) in [6, 6.07) is 7.25. The lowest BCUT2D eigenvalue weighted by Gasteiger charge is -2.37. The summed E-state index contributed by atoms with van der Waals surface area (Å²) in [5.74, 6) is 0. The van der Waals surface area contributed by atoms with Crippen molar-refractivity contribution in [2.75, 3.05) is 20.6 Å². The highest BCUT2D eigenvalue weighted by Gasteiger charge is 2.26. The molecule has 0 aliphatic carbocycles. The van der Waals surface area contributed by atoms with Crippen LogP contribution in [0.5, 0.6) is 0 Å².